The average molecular weight is 294 g/mol. The third-order valence-corrected chi connectivity index (χ3v) is 4.71. The van der Waals surface area contributed by atoms with Crippen molar-refractivity contribution in [2.45, 2.75) is 32.6 Å². The topological polar surface area (TPSA) is 61.2 Å². The number of fused-ring (bicyclic) bond motifs is 2. The molecular weight excluding hydrogens is 276 g/mol. The molecule has 1 aromatic carbocycles. The lowest BCUT2D eigenvalue weighted by Crippen LogP contribution is -2.47. The van der Waals surface area contributed by atoms with Crippen LogP contribution in [0.3, 0.4) is 0 Å². The number of likely N-dealkylation sites (N-methyl/N-ethyl adjacent to an activating group) is 1. The number of para-hydroxylation sites is 1. The highest BCUT2D eigenvalue weighted by Crippen LogP contribution is 2.52. The average Bonchev–Trinajstić information content (AvgIpc) is 2.72. The number of amides is 1. The first-order chi connectivity index (χ1) is 10.4. The number of carbonyl (C=O) groups is 2. The van der Waals surface area contributed by atoms with Crippen LogP contribution in [0.4, 0.5) is 5.69 Å². The van der Waals surface area contributed by atoms with Gasteiger partial charge in [-0.25, -0.2) is 0 Å². The van der Waals surface area contributed by atoms with Crippen molar-refractivity contribution in [3.05, 3.63) is 41.5 Å². The molecular formula is C18H18N2O2. The molecule has 1 atom stereocenters. The van der Waals surface area contributed by atoms with Gasteiger partial charge in [-0.15, -0.1) is 0 Å². The summed E-state index contributed by atoms with van der Waals surface area (Å²) in [5.41, 5.74) is 0.253. The third kappa shape index (κ3) is 1.69. The highest BCUT2D eigenvalue weighted by Gasteiger charge is 2.55. The number of hydrogen-bond donors (Lipinski definition) is 0. The fourth-order valence-corrected chi connectivity index (χ4v) is 3.76. The second-order valence-electron chi connectivity index (χ2n) is 6.60. The Labute approximate surface area is 130 Å². The number of hydrogen-bond acceptors (Lipinski definition) is 3. The summed E-state index contributed by atoms with van der Waals surface area (Å²) in [5, 5.41) is 9.33. The molecule has 0 aromatic heterocycles. The number of Topliss-reactive ketones (excluding diaryl/α,β-unsaturated/α-hetero) is 1. The predicted molar refractivity (Wildman–Crippen MR) is 83.2 cm³/mol. The van der Waals surface area contributed by atoms with Crippen LogP contribution in [0.25, 0.3) is 0 Å². The van der Waals surface area contributed by atoms with Crippen LogP contribution in [-0.2, 0) is 15.0 Å². The Morgan fingerprint density at radius 3 is 2.59 bits per heavy atom. The van der Waals surface area contributed by atoms with Crippen molar-refractivity contribution in [2.24, 2.45) is 5.41 Å². The van der Waals surface area contributed by atoms with E-state index in [-0.39, 0.29) is 17.3 Å². The molecule has 0 fully saturated rings. The second kappa shape index (κ2) is 4.54. The monoisotopic (exact) mass is 294 g/mol. The molecule has 1 unspecified atom stereocenters. The number of anilines is 1. The fraction of sp³-hybridized carbons (Fsp3) is 0.389. The molecule has 0 bridgehead atoms. The van der Waals surface area contributed by atoms with Crippen molar-refractivity contribution < 1.29 is 9.59 Å². The van der Waals surface area contributed by atoms with Crippen molar-refractivity contribution in [1.82, 2.24) is 0 Å². The molecule has 1 aliphatic carbocycles. The molecule has 1 heterocycles. The molecule has 22 heavy (non-hydrogen) atoms. The van der Waals surface area contributed by atoms with Gasteiger partial charge < -0.3 is 4.90 Å². The summed E-state index contributed by atoms with van der Waals surface area (Å²) in [7, 11) is 0. The maximum atomic E-state index is 13.1. The van der Waals surface area contributed by atoms with E-state index in [2.05, 4.69) is 0 Å². The maximum Gasteiger partial charge on any atom is 0.241 e. The van der Waals surface area contributed by atoms with Gasteiger partial charge in [-0.05, 0) is 31.1 Å². The van der Waals surface area contributed by atoms with E-state index in [1.165, 1.54) is 0 Å². The first-order valence-electron chi connectivity index (χ1n) is 7.46. The summed E-state index contributed by atoms with van der Waals surface area (Å²) < 4.78 is 0. The molecule has 2 aliphatic rings. The SMILES string of the molecule is CCN1C(=O)C2(C=C(C#N)C(=O)C(C)(C)C2)c2ccccc21. The predicted octanol–water partition coefficient (Wildman–Crippen LogP) is 2.74. The molecule has 0 saturated carbocycles. The lowest BCUT2D eigenvalue weighted by Gasteiger charge is -2.37. The lowest BCUT2D eigenvalue weighted by molar-refractivity contribution is -0.128. The Bertz CT molecular complexity index is 755. The minimum absolute atomic E-state index is 0.0375. The van der Waals surface area contributed by atoms with Gasteiger partial charge in [-0.1, -0.05) is 32.0 Å². The summed E-state index contributed by atoms with van der Waals surface area (Å²) in [5.74, 6) is -0.217. The Morgan fingerprint density at radius 1 is 1.27 bits per heavy atom. The minimum Gasteiger partial charge on any atom is -0.311 e. The van der Waals surface area contributed by atoms with Gasteiger partial charge in [-0.2, -0.15) is 5.26 Å². The van der Waals surface area contributed by atoms with E-state index in [0.29, 0.717) is 13.0 Å². The first-order valence-corrected chi connectivity index (χ1v) is 7.46. The number of allylic oxidation sites excluding steroid dienone is 1. The van der Waals surface area contributed by atoms with Gasteiger partial charge in [0.05, 0.1) is 11.0 Å². The molecule has 4 nitrogen and oxygen atoms in total. The second-order valence-corrected chi connectivity index (χ2v) is 6.60. The molecule has 112 valence electrons. The normalized spacial score (nSPS) is 25.9. The standard InChI is InChI=1S/C18H18N2O2/c1-4-20-14-8-6-5-7-13(14)18(16(20)22)9-12(10-19)15(21)17(2,3)11-18/h5-9H,4,11H2,1-3H3. The minimum atomic E-state index is -0.894. The largest absolute Gasteiger partial charge is 0.311 e. The molecule has 0 radical (unpaired) electrons. The molecule has 1 aliphatic heterocycles. The van der Waals surface area contributed by atoms with Crippen molar-refractivity contribution in [2.75, 3.05) is 11.4 Å². The molecule has 0 saturated heterocycles. The smallest absolute Gasteiger partial charge is 0.241 e. The Balaban J connectivity index is 2.30. The van der Waals surface area contributed by atoms with Gasteiger partial charge in [0.1, 0.15) is 6.07 Å². The first kappa shape index (κ1) is 14.5. The quantitative estimate of drug-likeness (QED) is 0.800. The van der Waals surface area contributed by atoms with Crippen LogP contribution in [0, 0.1) is 16.7 Å². The zero-order chi connectivity index (χ0) is 16.1. The summed E-state index contributed by atoms with van der Waals surface area (Å²) in [6, 6.07) is 9.65. The fourth-order valence-electron chi connectivity index (χ4n) is 3.76. The van der Waals surface area contributed by atoms with E-state index in [4.69, 9.17) is 0 Å². The number of benzene rings is 1. The summed E-state index contributed by atoms with van der Waals surface area (Å²) in [6.07, 6.45) is 1.99. The highest BCUT2D eigenvalue weighted by molar-refractivity contribution is 6.14. The van der Waals surface area contributed by atoms with E-state index in [0.717, 1.165) is 11.3 Å². The van der Waals surface area contributed by atoms with Crippen LogP contribution in [0.2, 0.25) is 0 Å². The van der Waals surface area contributed by atoms with Crippen LogP contribution in [0.1, 0.15) is 32.8 Å². The highest BCUT2D eigenvalue weighted by atomic mass is 16.2. The van der Waals surface area contributed by atoms with Crippen LogP contribution < -0.4 is 4.90 Å². The molecule has 1 amide bonds. The van der Waals surface area contributed by atoms with Crippen molar-refractivity contribution >= 4 is 17.4 Å². The number of nitrogens with zero attached hydrogens (tertiary/aromatic N) is 2. The number of nitriles is 1. The van der Waals surface area contributed by atoms with E-state index in [1.54, 1.807) is 11.0 Å². The van der Waals surface area contributed by atoms with E-state index in [1.807, 2.05) is 51.1 Å². The Hall–Kier alpha value is -2.41. The number of rotatable bonds is 1. The summed E-state index contributed by atoms with van der Waals surface area (Å²) >= 11 is 0. The van der Waals surface area contributed by atoms with Crippen LogP contribution in [0.15, 0.2) is 35.9 Å². The van der Waals surface area contributed by atoms with Gasteiger partial charge in [0.25, 0.3) is 0 Å². The third-order valence-electron chi connectivity index (χ3n) is 4.71. The Morgan fingerprint density at radius 2 is 1.95 bits per heavy atom. The van der Waals surface area contributed by atoms with Crippen LogP contribution in [0.5, 0.6) is 0 Å². The van der Waals surface area contributed by atoms with Gasteiger partial charge >= 0.3 is 0 Å². The number of carbonyl (C=O) groups excluding carboxylic acids is 2. The van der Waals surface area contributed by atoms with Gasteiger partial charge in [0.15, 0.2) is 5.78 Å². The number of ketones is 1. The molecule has 1 aromatic rings. The van der Waals surface area contributed by atoms with Crippen molar-refractivity contribution in [3.8, 4) is 6.07 Å². The molecule has 1 spiro atoms. The van der Waals surface area contributed by atoms with Crippen molar-refractivity contribution in [3.63, 3.8) is 0 Å². The van der Waals surface area contributed by atoms with Gasteiger partial charge in [0.2, 0.25) is 5.91 Å². The zero-order valence-corrected chi connectivity index (χ0v) is 13.0. The van der Waals surface area contributed by atoms with Gasteiger partial charge in [0, 0.05) is 17.6 Å². The molecule has 4 heteroatoms. The molecule has 3 rings (SSSR count). The van der Waals surface area contributed by atoms with Crippen LogP contribution in [-0.4, -0.2) is 18.2 Å². The van der Waals surface area contributed by atoms with Crippen LogP contribution >= 0.6 is 0 Å². The molecule has 0 N–H and O–H groups in total. The van der Waals surface area contributed by atoms with E-state index >= 15 is 0 Å². The zero-order valence-electron chi connectivity index (χ0n) is 13.0. The van der Waals surface area contributed by atoms with Gasteiger partial charge in [-0.3, -0.25) is 9.59 Å². The summed E-state index contributed by atoms with van der Waals surface area (Å²) in [4.78, 5) is 27.2. The lowest BCUT2D eigenvalue weighted by atomic mass is 9.62. The van der Waals surface area contributed by atoms with E-state index in [9.17, 15) is 14.9 Å². The summed E-state index contributed by atoms with van der Waals surface area (Å²) in [6.45, 7) is 6.13. The van der Waals surface area contributed by atoms with Crippen molar-refractivity contribution in [1.29, 1.82) is 5.26 Å². The Kier molecular flexibility index (Phi) is 3.00. The van der Waals surface area contributed by atoms with E-state index < -0.39 is 10.8 Å². The maximum absolute atomic E-state index is 13.1.